The van der Waals surface area contributed by atoms with Crippen molar-refractivity contribution in [3.8, 4) is 0 Å². The third kappa shape index (κ3) is 7.31. The van der Waals surface area contributed by atoms with Gasteiger partial charge in [-0.15, -0.1) is 0 Å². The predicted octanol–water partition coefficient (Wildman–Crippen LogP) is 5.93. The Hall–Kier alpha value is -2.86. The van der Waals surface area contributed by atoms with Gasteiger partial charge in [-0.2, -0.15) is 0 Å². The van der Waals surface area contributed by atoms with Crippen LogP contribution in [0, 0.1) is 0 Å². The third-order valence-corrected chi connectivity index (χ3v) is 10.2. The highest BCUT2D eigenvalue weighted by Gasteiger charge is 2.39. The average molecular weight is 495 g/mol. The van der Waals surface area contributed by atoms with Crippen LogP contribution in [0.4, 0.5) is 4.79 Å². The fraction of sp³-hybridized carbons (Fsp3) is 0.448. The number of carbonyl (C=O) groups is 2. The molecule has 0 aliphatic heterocycles. The van der Waals surface area contributed by atoms with Gasteiger partial charge >= 0.3 is 6.09 Å². The Morgan fingerprint density at radius 2 is 1.46 bits per heavy atom. The maximum Gasteiger partial charge on any atom is 0.411 e. The molecule has 2 amide bonds. The van der Waals surface area contributed by atoms with E-state index in [2.05, 4.69) is 43.4 Å². The predicted molar refractivity (Wildman–Crippen MR) is 147 cm³/mol. The molecule has 0 heterocycles. The van der Waals surface area contributed by atoms with Gasteiger partial charge in [0.1, 0.15) is 19.7 Å². The van der Waals surface area contributed by atoms with Crippen LogP contribution in [-0.2, 0) is 9.53 Å². The second-order valence-corrected chi connectivity index (χ2v) is 14.7. The molecule has 0 bridgehead atoms. The molecule has 0 saturated carbocycles. The summed E-state index contributed by atoms with van der Waals surface area (Å²) in [5, 5.41) is 2.45. The Bertz CT molecular complexity index is 994. The molecule has 2 aromatic carbocycles. The first-order valence-corrected chi connectivity index (χ1v) is 15.5. The first kappa shape index (κ1) is 28.4. The van der Waals surface area contributed by atoms with E-state index in [0.29, 0.717) is 19.6 Å². The Morgan fingerprint density at radius 3 is 1.91 bits per heavy atom. The zero-order valence-electron chi connectivity index (χ0n) is 22.7. The summed E-state index contributed by atoms with van der Waals surface area (Å²) in [6.45, 7) is 17.5. The van der Waals surface area contributed by atoms with Crippen molar-refractivity contribution < 1.29 is 14.3 Å². The Labute approximate surface area is 212 Å². The van der Waals surface area contributed by atoms with E-state index in [1.807, 2.05) is 77.9 Å². The van der Waals surface area contributed by atoms with E-state index in [1.165, 1.54) is 10.4 Å². The number of benzene rings is 2. The van der Waals surface area contributed by atoms with E-state index in [4.69, 9.17) is 4.74 Å². The van der Waals surface area contributed by atoms with Crippen LogP contribution < -0.4 is 5.19 Å². The topological polar surface area (TPSA) is 49.9 Å². The molecule has 1 atom stereocenters. The third-order valence-electron chi connectivity index (χ3n) is 6.35. The number of allylic oxidation sites excluding steroid dienone is 1. The molecule has 35 heavy (non-hydrogen) atoms. The second kappa shape index (κ2) is 12.2. The number of nitrogens with zero attached hydrogens (tertiary/aromatic N) is 2. The highest BCUT2D eigenvalue weighted by atomic mass is 28.3. The van der Waals surface area contributed by atoms with E-state index in [1.54, 1.807) is 9.80 Å². The molecule has 0 aliphatic rings. The molecule has 0 N–H and O–H groups in total. The number of hydrogen-bond donors (Lipinski definition) is 0. The SMILES string of the molecule is C/C=C(/CN(C(=O)OC(C)(C)C)C(C(=O)N(CC)CC)c1ccccc1)[Si](C)(C)c1ccccc1. The number of hydrogen-bond acceptors (Lipinski definition) is 3. The van der Waals surface area contributed by atoms with Gasteiger partial charge in [0.05, 0.1) is 0 Å². The summed E-state index contributed by atoms with van der Waals surface area (Å²) in [7, 11) is -2.11. The first-order chi connectivity index (χ1) is 16.5. The molecular weight excluding hydrogens is 452 g/mol. The van der Waals surface area contributed by atoms with Crippen LogP contribution in [0.15, 0.2) is 71.9 Å². The van der Waals surface area contributed by atoms with E-state index < -0.39 is 25.8 Å². The maximum atomic E-state index is 13.9. The summed E-state index contributed by atoms with van der Waals surface area (Å²) in [5.41, 5.74) is 0.0991. The molecule has 0 radical (unpaired) electrons. The molecule has 5 nitrogen and oxygen atoms in total. The highest BCUT2D eigenvalue weighted by molar-refractivity contribution is 6.95. The minimum atomic E-state index is -2.11. The molecule has 0 aliphatic carbocycles. The molecule has 190 valence electrons. The largest absolute Gasteiger partial charge is 0.444 e. The van der Waals surface area contributed by atoms with Crippen LogP contribution in [0.2, 0.25) is 13.1 Å². The van der Waals surface area contributed by atoms with Gasteiger partial charge in [-0.1, -0.05) is 90.2 Å². The molecular formula is C29H42N2O3Si. The number of amides is 2. The Morgan fingerprint density at radius 1 is 0.943 bits per heavy atom. The van der Waals surface area contributed by atoms with Crippen molar-refractivity contribution in [3.63, 3.8) is 0 Å². The van der Waals surface area contributed by atoms with Crippen LogP contribution in [0.3, 0.4) is 0 Å². The molecule has 0 aromatic heterocycles. The minimum absolute atomic E-state index is 0.0957. The van der Waals surface area contributed by atoms with Gasteiger partial charge in [0.2, 0.25) is 5.91 Å². The summed E-state index contributed by atoms with van der Waals surface area (Å²) in [6.07, 6.45) is 1.63. The molecule has 1 unspecified atom stereocenters. The lowest BCUT2D eigenvalue weighted by molar-refractivity contribution is -0.136. The van der Waals surface area contributed by atoms with E-state index in [-0.39, 0.29) is 5.91 Å². The normalized spacial score (nSPS) is 13.2. The van der Waals surface area contributed by atoms with Crippen LogP contribution in [-0.4, -0.2) is 55.1 Å². The number of likely N-dealkylation sites (N-methyl/N-ethyl adjacent to an activating group) is 1. The Balaban J connectivity index is 2.63. The fourth-order valence-electron chi connectivity index (χ4n) is 4.25. The van der Waals surface area contributed by atoms with Crippen molar-refractivity contribution >= 4 is 25.3 Å². The van der Waals surface area contributed by atoms with Gasteiger partial charge in [0.25, 0.3) is 0 Å². The minimum Gasteiger partial charge on any atom is -0.444 e. The number of carbonyl (C=O) groups excluding carboxylic acids is 2. The summed E-state index contributed by atoms with van der Waals surface area (Å²) < 4.78 is 5.87. The fourth-order valence-corrected chi connectivity index (χ4v) is 6.94. The quantitative estimate of drug-likeness (QED) is 0.406. The van der Waals surface area contributed by atoms with Crippen LogP contribution in [0.1, 0.15) is 53.1 Å². The van der Waals surface area contributed by atoms with Crippen molar-refractivity contribution in [2.45, 2.75) is 66.3 Å². The highest BCUT2D eigenvalue weighted by Crippen LogP contribution is 2.29. The van der Waals surface area contributed by atoms with Crippen LogP contribution in [0.25, 0.3) is 0 Å². The van der Waals surface area contributed by atoms with Gasteiger partial charge < -0.3 is 9.64 Å². The van der Waals surface area contributed by atoms with Crippen LogP contribution in [0.5, 0.6) is 0 Å². The summed E-state index contributed by atoms with van der Waals surface area (Å²) in [6, 6.07) is 19.2. The first-order valence-electron chi connectivity index (χ1n) is 12.5. The molecule has 2 aromatic rings. The average Bonchev–Trinajstić information content (AvgIpc) is 2.82. The lowest BCUT2D eigenvalue weighted by Crippen LogP contribution is -2.52. The van der Waals surface area contributed by atoms with Crippen molar-refractivity contribution in [3.05, 3.63) is 77.5 Å². The van der Waals surface area contributed by atoms with Gasteiger partial charge in [-0.3, -0.25) is 9.69 Å². The lowest BCUT2D eigenvalue weighted by Gasteiger charge is -2.38. The van der Waals surface area contributed by atoms with Crippen LogP contribution >= 0.6 is 0 Å². The van der Waals surface area contributed by atoms with E-state index in [9.17, 15) is 9.59 Å². The van der Waals surface area contributed by atoms with Crippen molar-refractivity contribution in [1.82, 2.24) is 9.80 Å². The van der Waals surface area contributed by atoms with Crippen molar-refractivity contribution in [2.75, 3.05) is 19.6 Å². The van der Waals surface area contributed by atoms with Gasteiger partial charge in [-0.05, 0) is 47.1 Å². The standard InChI is InChI=1S/C29H42N2O3Si/c1-9-24(35(7,8)25-20-16-13-17-21-25)22-31(28(33)34-29(4,5)6)26(23-18-14-12-15-19-23)27(32)30(10-2)11-3/h9,12-21,26H,10-11,22H2,1-8H3/b24-9-. The maximum absolute atomic E-state index is 13.9. The summed E-state index contributed by atoms with van der Waals surface area (Å²) in [4.78, 5) is 31.0. The van der Waals surface area contributed by atoms with Crippen molar-refractivity contribution in [1.29, 1.82) is 0 Å². The molecule has 0 saturated heterocycles. The van der Waals surface area contributed by atoms with E-state index >= 15 is 0 Å². The molecule has 0 fully saturated rings. The molecule has 2 rings (SSSR count). The Kier molecular flexibility index (Phi) is 9.89. The molecule has 0 spiro atoms. The monoisotopic (exact) mass is 494 g/mol. The van der Waals surface area contributed by atoms with Crippen molar-refractivity contribution in [2.24, 2.45) is 0 Å². The second-order valence-electron chi connectivity index (χ2n) is 10.2. The summed E-state index contributed by atoms with van der Waals surface area (Å²) >= 11 is 0. The zero-order chi connectivity index (χ0) is 26.2. The molecule has 6 heteroatoms. The van der Waals surface area contributed by atoms with Gasteiger partial charge in [0.15, 0.2) is 0 Å². The van der Waals surface area contributed by atoms with E-state index in [0.717, 1.165) is 5.56 Å². The lowest BCUT2D eigenvalue weighted by atomic mass is 10.0. The van der Waals surface area contributed by atoms with Gasteiger partial charge in [-0.25, -0.2) is 4.79 Å². The van der Waals surface area contributed by atoms with Gasteiger partial charge in [0, 0.05) is 19.6 Å². The zero-order valence-corrected chi connectivity index (χ0v) is 23.7. The number of rotatable bonds is 9. The number of ether oxygens (including phenoxy) is 1. The summed E-state index contributed by atoms with van der Waals surface area (Å²) in [5.74, 6) is -0.0957. The smallest absolute Gasteiger partial charge is 0.411 e.